The number of rotatable bonds is 5. The molecule has 6 rings (SSSR count). The van der Waals surface area contributed by atoms with Crippen molar-refractivity contribution < 1.29 is 8.42 Å². The Hall–Kier alpha value is -4.53. The van der Waals surface area contributed by atoms with Gasteiger partial charge < -0.3 is 4.98 Å². The topological polar surface area (TPSA) is 102 Å². The fraction of sp³-hybridized carbons (Fsp3) is 0.0645. The van der Waals surface area contributed by atoms with Gasteiger partial charge in [0, 0.05) is 27.6 Å². The summed E-state index contributed by atoms with van der Waals surface area (Å²) in [5, 5.41) is 2.30. The minimum atomic E-state index is -3.41. The van der Waals surface area contributed by atoms with Gasteiger partial charge in [0.15, 0.2) is 9.84 Å². The molecule has 40 heavy (non-hydrogen) atoms. The van der Waals surface area contributed by atoms with Crippen molar-refractivity contribution in [3.05, 3.63) is 123 Å². The van der Waals surface area contributed by atoms with Crippen molar-refractivity contribution in [3.63, 3.8) is 0 Å². The van der Waals surface area contributed by atoms with Crippen LogP contribution in [0.25, 0.3) is 49.6 Å². The number of pyridine rings is 1. The molecule has 0 radical (unpaired) electrons. The second-order valence-corrected chi connectivity index (χ2v) is 12.0. The van der Waals surface area contributed by atoms with Crippen LogP contribution < -0.4 is 11.2 Å². The highest BCUT2D eigenvalue weighted by Gasteiger charge is 2.18. The van der Waals surface area contributed by atoms with Crippen LogP contribution >= 0.6 is 11.6 Å². The summed E-state index contributed by atoms with van der Waals surface area (Å²) in [5.74, 6) is -0.0107. The van der Waals surface area contributed by atoms with E-state index >= 15 is 0 Å². The molecule has 7 nitrogen and oxygen atoms in total. The highest BCUT2D eigenvalue weighted by atomic mass is 35.5. The van der Waals surface area contributed by atoms with Gasteiger partial charge >= 0.3 is 5.69 Å². The smallest absolute Gasteiger partial charge is 0.306 e. The first kappa shape index (κ1) is 25.7. The van der Waals surface area contributed by atoms with Gasteiger partial charge in [-0.2, -0.15) is 0 Å². The van der Waals surface area contributed by atoms with Crippen LogP contribution in [0.5, 0.6) is 0 Å². The van der Waals surface area contributed by atoms with Crippen molar-refractivity contribution in [2.24, 2.45) is 0 Å². The van der Waals surface area contributed by atoms with Crippen molar-refractivity contribution in [1.82, 2.24) is 14.5 Å². The number of aromatic nitrogens is 3. The first-order chi connectivity index (χ1) is 19.3. The monoisotopic (exact) mass is 567 g/mol. The van der Waals surface area contributed by atoms with Gasteiger partial charge in [-0.1, -0.05) is 73.1 Å². The normalized spacial score (nSPS) is 11.8. The Morgan fingerprint density at radius 1 is 0.850 bits per heavy atom. The van der Waals surface area contributed by atoms with Crippen LogP contribution in [0.2, 0.25) is 5.02 Å². The molecule has 0 fully saturated rings. The maximum Gasteiger partial charge on any atom is 0.333 e. The highest BCUT2D eigenvalue weighted by Crippen LogP contribution is 2.39. The number of benzene rings is 4. The van der Waals surface area contributed by atoms with Gasteiger partial charge in [-0.15, -0.1) is 0 Å². The predicted octanol–water partition coefficient (Wildman–Crippen LogP) is 6.01. The number of aromatic amines is 1. The summed E-state index contributed by atoms with van der Waals surface area (Å²) in [7, 11) is -3.41. The molecule has 0 unspecified atom stereocenters. The summed E-state index contributed by atoms with van der Waals surface area (Å²) in [5.41, 5.74) is 2.40. The molecule has 9 heteroatoms. The van der Waals surface area contributed by atoms with Gasteiger partial charge in [0.2, 0.25) is 0 Å². The summed E-state index contributed by atoms with van der Waals surface area (Å²) < 4.78 is 26.1. The molecule has 2 heterocycles. The standard InChI is InChI=1S/C31H22ClN3O4S/c1-2-40(38,39)22-9-5-8-19(15-22)24-11-6-12-26(32)29(24)20-13-14-25-27(16-20)34-31(37)35(30(25)36)28-18-33-17-21-7-3-4-10-23(21)28/h3-18H,2H2,1H3,(H,34,37). The van der Waals surface area contributed by atoms with Crippen molar-refractivity contribution in [2.75, 3.05) is 5.75 Å². The van der Waals surface area contributed by atoms with E-state index in [1.807, 2.05) is 36.4 Å². The van der Waals surface area contributed by atoms with E-state index in [9.17, 15) is 18.0 Å². The van der Waals surface area contributed by atoms with E-state index in [1.54, 1.807) is 61.7 Å². The van der Waals surface area contributed by atoms with E-state index in [2.05, 4.69) is 9.97 Å². The number of hydrogen-bond acceptors (Lipinski definition) is 5. The molecular formula is C31H22ClN3O4S. The second kappa shape index (κ2) is 9.89. The second-order valence-electron chi connectivity index (χ2n) is 9.30. The average Bonchev–Trinajstić information content (AvgIpc) is 2.97. The molecule has 0 aliphatic carbocycles. The number of hydrogen-bond donors (Lipinski definition) is 1. The van der Waals surface area contributed by atoms with Gasteiger partial charge in [-0.3, -0.25) is 9.78 Å². The van der Waals surface area contributed by atoms with Gasteiger partial charge in [0.05, 0.1) is 33.4 Å². The molecule has 2 aromatic heterocycles. The molecule has 0 aliphatic rings. The fourth-order valence-electron chi connectivity index (χ4n) is 4.95. The zero-order valence-electron chi connectivity index (χ0n) is 21.3. The van der Waals surface area contributed by atoms with E-state index < -0.39 is 21.1 Å². The van der Waals surface area contributed by atoms with Crippen LogP contribution in [0.1, 0.15) is 6.92 Å². The maximum atomic E-state index is 13.6. The molecule has 0 atom stereocenters. The molecule has 1 N–H and O–H groups in total. The molecule has 0 saturated carbocycles. The fourth-order valence-corrected chi connectivity index (χ4v) is 6.16. The third-order valence-electron chi connectivity index (χ3n) is 6.97. The Bertz CT molecular complexity index is 2180. The Morgan fingerprint density at radius 2 is 1.65 bits per heavy atom. The van der Waals surface area contributed by atoms with Gasteiger partial charge in [0.1, 0.15) is 0 Å². The zero-order chi connectivity index (χ0) is 28.0. The number of halogens is 1. The lowest BCUT2D eigenvalue weighted by atomic mass is 9.94. The van der Waals surface area contributed by atoms with E-state index in [0.29, 0.717) is 38.3 Å². The maximum absolute atomic E-state index is 13.6. The SMILES string of the molecule is CCS(=O)(=O)c1cccc(-c2cccc(Cl)c2-c2ccc3c(=O)n(-c4cncc5ccccc45)c(=O)[nH]c3c2)c1. The third kappa shape index (κ3) is 4.31. The van der Waals surface area contributed by atoms with Gasteiger partial charge in [0.25, 0.3) is 5.56 Å². The molecule has 0 saturated heterocycles. The lowest BCUT2D eigenvalue weighted by molar-refractivity contribution is 0.597. The highest BCUT2D eigenvalue weighted by molar-refractivity contribution is 7.91. The molecule has 198 valence electrons. The number of H-pyrrole nitrogens is 1. The van der Waals surface area contributed by atoms with Crippen LogP contribution in [0.15, 0.2) is 112 Å². The van der Waals surface area contributed by atoms with Crippen molar-refractivity contribution >= 4 is 43.1 Å². The molecular weight excluding hydrogens is 546 g/mol. The minimum absolute atomic E-state index is 0.0107. The summed E-state index contributed by atoms with van der Waals surface area (Å²) in [6, 6.07) is 24.7. The van der Waals surface area contributed by atoms with Crippen molar-refractivity contribution in [1.29, 1.82) is 0 Å². The molecule has 4 aromatic carbocycles. The molecule has 0 bridgehead atoms. The summed E-state index contributed by atoms with van der Waals surface area (Å²) >= 11 is 6.68. The first-order valence-electron chi connectivity index (χ1n) is 12.5. The van der Waals surface area contributed by atoms with Crippen LogP contribution in [0.4, 0.5) is 0 Å². The summed E-state index contributed by atoms with van der Waals surface area (Å²) in [6.07, 6.45) is 3.18. The quantitative estimate of drug-likeness (QED) is 0.275. The van der Waals surface area contributed by atoms with Gasteiger partial charge in [-0.25, -0.2) is 17.8 Å². The number of nitrogens with zero attached hydrogens (tertiary/aromatic N) is 2. The largest absolute Gasteiger partial charge is 0.333 e. The van der Waals surface area contributed by atoms with E-state index in [-0.39, 0.29) is 10.6 Å². The van der Waals surface area contributed by atoms with Gasteiger partial charge in [-0.05, 0) is 47.0 Å². The predicted molar refractivity (Wildman–Crippen MR) is 159 cm³/mol. The lowest BCUT2D eigenvalue weighted by Gasteiger charge is -2.14. The van der Waals surface area contributed by atoms with Crippen molar-refractivity contribution in [3.8, 4) is 27.9 Å². The Morgan fingerprint density at radius 3 is 2.48 bits per heavy atom. The van der Waals surface area contributed by atoms with Crippen LogP contribution in [-0.4, -0.2) is 28.7 Å². The third-order valence-corrected chi connectivity index (χ3v) is 9.02. The van der Waals surface area contributed by atoms with Crippen LogP contribution in [0.3, 0.4) is 0 Å². The van der Waals surface area contributed by atoms with Crippen LogP contribution in [-0.2, 0) is 9.84 Å². The molecule has 0 spiro atoms. The number of sulfone groups is 1. The number of fused-ring (bicyclic) bond motifs is 2. The Labute approximate surface area is 234 Å². The van der Waals surface area contributed by atoms with Crippen LogP contribution in [0, 0.1) is 0 Å². The first-order valence-corrected chi connectivity index (χ1v) is 14.6. The van der Waals surface area contributed by atoms with Crippen molar-refractivity contribution in [2.45, 2.75) is 11.8 Å². The average molecular weight is 568 g/mol. The van der Waals surface area contributed by atoms with E-state index in [1.165, 1.54) is 6.20 Å². The van der Waals surface area contributed by atoms with E-state index in [4.69, 9.17) is 11.6 Å². The number of nitrogens with one attached hydrogen (secondary N) is 1. The summed E-state index contributed by atoms with van der Waals surface area (Å²) in [6.45, 7) is 1.60. The minimum Gasteiger partial charge on any atom is -0.306 e. The Balaban J connectivity index is 1.54. The van der Waals surface area contributed by atoms with E-state index in [0.717, 1.165) is 20.9 Å². The molecule has 6 aromatic rings. The summed E-state index contributed by atoms with van der Waals surface area (Å²) in [4.78, 5) is 34.1. The Kier molecular flexibility index (Phi) is 6.37. The molecule has 0 amide bonds. The molecule has 0 aliphatic heterocycles. The lowest BCUT2D eigenvalue weighted by Crippen LogP contribution is -2.33. The zero-order valence-corrected chi connectivity index (χ0v) is 22.8.